The number of hydrogen-bond donors (Lipinski definition) is 1. The molecule has 0 radical (unpaired) electrons. The van der Waals surface area contributed by atoms with Crippen molar-refractivity contribution in [3.05, 3.63) is 27.2 Å². The number of H-pyrrole nitrogens is 1. The lowest BCUT2D eigenvalue weighted by Crippen LogP contribution is -2.52. The number of halogens is 3. The fraction of sp³-hybridized carbons (Fsp3) is 0.733. The van der Waals surface area contributed by atoms with Crippen LogP contribution in [0.15, 0.2) is 4.79 Å². The maximum Gasteiger partial charge on any atom is 0.422 e. The molecule has 1 aromatic rings. The fourth-order valence-corrected chi connectivity index (χ4v) is 3.84. The predicted molar refractivity (Wildman–Crippen MR) is 77.1 cm³/mol. The molecule has 23 heavy (non-hydrogen) atoms. The molecular weight excluding hydrogens is 311 g/mol. The van der Waals surface area contributed by atoms with Gasteiger partial charge in [-0.25, -0.2) is 5.10 Å². The van der Waals surface area contributed by atoms with Crippen LogP contribution in [0.2, 0.25) is 0 Å². The second-order valence-corrected chi connectivity index (χ2v) is 6.96. The average Bonchev–Trinajstić information content (AvgIpc) is 2.77. The lowest BCUT2D eigenvalue weighted by Gasteiger charge is -2.44. The third kappa shape index (κ3) is 3.01. The lowest BCUT2D eigenvalue weighted by molar-refractivity contribution is -0.140. The number of hydrogen-bond acceptors (Lipinski definition) is 4. The number of rotatable bonds is 1. The quantitative estimate of drug-likeness (QED) is 0.858. The van der Waals surface area contributed by atoms with Gasteiger partial charge in [-0.05, 0) is 39.2 Å². The molecule has 1 aliphatic carbocycles. The highest BCUT2D eigenvalue weighted by Crippen LogP contribution is 2.41. The van der Waals surface area contributed by atoms with Crippen LogP contribution < -0.4 is 5.56 Å². The monoisotopic (exact) mass is 331 g/mol. The van der Waals surface area contributed by atoms with Crippen LogP contribution in [0.4, 0.5) is 13.2 Å². The minimum Gasteiger partial charge on any atom is -0.370 e. The van der Waals surface area contributed by atoms with E-state index in [0.717, 1.165) is 0 Å². The van der Waals surface area contributed by atoms with Crippen LogP contribution in [-0.4, -0.2) is 39.9 Å². The Morgan fingerprint density at radius 3 is 2.70 bits per heavy atom. The second-order valence-electron chi connectivity index (χ2n) is 6.96. The van der Waals surface area contributed by atoms with Crippen LogP contribution in [0.1, 0.15) is 50.1 Å². The fourth-order valence-electron chi connectivity index (χ4n) is 3.84. The molecule has 2 unspecified atom stereocenters. The number of fused-ring (bicyclic) bond motifs is 1. The molecule has 0 spiro atoms. The van der Waals surface area contributed by atoms with Crippen LogP contribution in [0.5, 0.6) is 0 Å². The van der Waals surface area contributed by atoms with Crippen molar-refractivity contribution in [2.75, 3.05) is 13.1 Å². The van der Waals surface area contributed by atoms with Crippen molar-refractivity contribution in [3.8, 4) is 0 Å². The number of nitrogens with zero attached hydrogens (tertiary/aromatic N) is 2. The van der Waals surface area contributed by atoms with Gasteiger partial charge in [-0.3, -0.25) is 9.69 Å². The highest BCUT2D eigenvalue weighted by Gasteiger charge is 2.44. The van der Waals surface area contributed by atoms with Crippen LogP contribution in [0.3, 0.4) is 0 Å². The number of aromatic nitrogens is 2. The molecule has 1 N–H and O–H groups in total. The number of alkyl halides is 3. The number of nitrogens with one attached hydrogen (secondary N) is 1. The van der Waals surface area contributed by atoms with Crippen molar-refractivity contribution < 1.29 is 17.9 Å². The summed E-state index contributed by atoms with van der Waals surface area (Å²) in [5, 5.41) is 5.97. The molecule has 128 valence electrons. The molecule has 0 bridgehead atoms. The van der Waals surface area contributed by atoms with E-state index in [0.29, 0.717) is 25.2 Å². The van der Waals surface area contributed by atoms with E-state index in [-0.39, 0.29) is 29.7 Å². The van der Waals surface area contributed by atoms with Gasteiger partial charge >= 0.3 is 6.18 Å². The Morgan fingerprint density at radius 2 is 2.09 bits per heavy atom. The van der Waals surface area contributed by atoms with E-state index in [9.17, 15) is 18.0 Å². The summed E-state index contributed by atoms with van der Waals surface area (Å²) in [6, 6.07) is -0.214. The molecule has 0 aromatic carbocycles. The molecule has 0 saturated carbocycles. The minimum atomic E-state index is -4.66. The molecule has 2 aliphatic rings. The molecule has 1 aromatic heterocycles. The van der Waals surface area contributed by atoms with Gasteiger partial charge in [0.15, 0.2) is 0 Å². The van der Waals surface area contributed by atoms with Gasteiger partial charge in [-0.15, -0.1) is 0 Å². The van der Waals surface area contributed by atoms with Gasteiger partial charge in [0.2, 0.25) is 0 Å². The van der Waals surface area contributed by atoms with Crippen LogP contribution in [-0.2, 0) is 17.3 Å². The van der Waals surface area contributed by atoms with E-state index >= 15 is 0 Å². The first-order valence-electron chi connectivity index (χ1n) is 7.69. The van der Waals surface area contributed by atoms with Gasteiger partial charge in [0.05, 0.1) is 23.4 Å². The SMILES string of the molecule is CC1CN(C2CCc3c2n[nH]c(=O)c3C(F)(F)F)CC(C)(C)O1. The smallest absolute Gasteiger partial charge is 0.370 e. The predicted octanol–water partition coefficient (Wildman–Crippen LogP) is 2.28. The summed E-state index contributed by atoms with van der Waals surface area (Å²) >= 11 is 0. The maximum absolute atomic E-state index is 13.2. The van der Waals surface area contributed by atoms with E-state index in [1.807, 2.05) is 25.9 Å². The normalized spacial score (nSPS) is 27.9. The first-order valence-corrected chi connectivity index (χ1v) is 7.69. The van der Waals surface area contributed by atoms with Crippen molar-refractivity contribution in [2.24, 2.45) is 0 Å². The average molecular weight is 331 g/mol. The molecule has 2 atom stereocenters. The van der Waals surface area contributed by atoms with E-state index in [4.69, 9.17) is 4.74 Å². The number of aromatic amines is 1. The van der Waals surface area contributed by atoms with Crippen molar-refractivity contribution in [3.63, 3.8) is 0 Å². The van der Waals surface area contributed by atoms with Crippen LogP contribution in [0, 0.1) is 0 Å². The van der Waals surface area contributed by atoms with Gasteiger partial charge in [0, 0.05) is 13.1 Å². The Bertz CT molecular complexity index is 669. The Balaban J connectivity index is 1.98. The largest absolute Gasteiger partial charge is 0.422 e. The number of morpholine rings is 1. The van der Waals surface area contributed by atoms with E-state index in [1.54, 1.807) is 0 Å². The molecule has 2 heterocycles. The summed E-state index contributed by atoms with van der Waals surface area (Å²) in [7, 11) is 0. The van der Waals surface area contributed by atoms with E-state index in [2.05, 4.69) is 10.00 Å². The van der Waals surface area contributed by atoms with Gasteiger partial charge in [0.1, 0.15) is 5.56 Å². The topological polar surface area (TPSA) is 58.2 Å². The Labute approximate surface area is 131 Å². The summed E-state index contributed by atoms with van der Waals surface area (Å²) in [6.45, 7) is 7.13. The first-order chi connectivity index (χ1) is 10.6. The Morgan fingerprint density at radius 1 is 1.39 bits per heavy atom. The Hall–Kier alpha value is -1.41. The molecule has 0 amide bonds. The van der Waals surface area contributed by atoms with Gasteiger partial charge in [-0.2, -0.15) is 18.3 Å². The van der Waals surface area contributed by atoms with Crippen LogP contribution >= 0.6 is 0 Å². The Kier molecular flexibility index (Phi) is 3.79. The zero-order chi connectivity index (χ0) is 17.0. The summed E-state index contributed by atoms with van der Waals surface area (Å²) in [5.41, 5.74) is -2.22. The third-order valence-electron chi connectivity index (χ3n) is 4.42. The third-order valence-corrected chi connectivity index (χ3v) is 4.42. The summed E-state index contributed by atoms with van der Waals surface area (Å²) in [4.78, 5) is 13.7. The minimum absolute atomic E-state index is 0.00681. The lowest BCUT2D eigenvalue weighted by atomic mass is 10.0. The molecule has 1 saturated heterocycles. The molecule has 1 aliphatic heterocycles. The molecule has 8 heteroatoms. The zero-order valence-electron chi connectivity index (χ0n) is 13.3. The highest BCUT2D eigenvalue weighted by atomic mass is 19.4. The zero-order valence-corrected chi connectivity index (χ0v) is 13.3. The molecular formula is C15H20F3N3O2. The first kappa shape index (κ1) is 16.4. The van der Waals surface area contributed by atoms with Gasteiger partial charge in [0.25, 0.3) is 5.56 Å². The van der Waals surface area contributed by atoms with Gasteiger partial charge in [-0.1, -0.05) is 0 Å². The second kappa shape index (κ2) is 5.31. The van der Waals surface area contributed by atoms with Crippen molar-refractivity contribution in [1.29, 1.82) is 0 Å². The summed E-state index contributed by atoms with van der Waals surface area (Å²) in [6.07, 6.45) is -3.91. The molecule has 5 nitrogen and oxygen atoms in total. The van der Waals surface area contributed by atoms with E-state index < -0.39 is 17.3 Å². The van der Waals surface area contributed by atoms with E-state index in [1.165, 1.54) is 0 Å². The van der Waals surface area contributed by atoms with Crippen molar-refractivity contribution in [2.45, 2.75) is 57.5 Å². The summed E-state index contributed by atoms with van der Waals surface area (Å²) < 4.78 is 45.4. The molecule has 3 rings (SSSR count). The van der Waals surface area contributed by atoms with Crippen molar-refractivity contribution >= 4 is 0 Å². The van der Waals surface area contributed by atoms with Crippen LogP contribution in [0.25, 0.3) is 0 Å². The highest BCUT2D eigenvalue weighted by molar-refractivity contribution is 5.36. The molecule has 1 fully saturated rings. The standard InChI is InChI=1S/C15H20F3N3O2/c1-8-6-21(7-14(2,3)23-8)10-5-4-9-11(15(16,17)18)13(22)20-19-12(9)10/h8,10H,4-7H2,1-3H3,(H,20,22). The van der Waals surface area contributed by atoms with Gasteiger partial charge < -0.3 is 4.74 Å². The summed E-state index contributed by atoms with van der Waals surface area (Å²) in [5.74, 6) is 0. The van der Waals surface area contributed by atoms with Crippen molar-refractivity contribution in [1.82, 2.24) is 15.1 Å². The maximum atomic E-state index is 13.2. The number of ether oxygens (including phenoxy) is 1.